The van der Waals surface area contributed by atoms with E-state index in [4.69, 9.17) is 13.9 Å². The first kappa shape index (κ1) is 20.3. The lowest BCUT2D eigenvalue weighted by Crippen LogP contribution is -2.54. The first-order chi connectivity index (χ1) is 15.6. The lowest BCUT2D eigenvalue weighted by molar-refractivity contribution is -0.142. The van der Waals surface area contributed by atoms with Crippen molar-refractivity contribution in [2.45, 2.75) is 6.10 Å². The van der Waals surface area contributed by atoms with E-state index < -0.39 is 6.10 Å². The molecule has 2 amide bonds. The number of halogens is 1. The van der Waals surface area contributed by atoms with Crippen molar-refractivity contribution in [2.75, 3.05) is 37.7 Å². The number of ether oxygens (including phenoxy) is 2. The van der Waals surface area contributed by atoms with Gasteiger partial charge in [0.05, 0.1) is 25.4 Å². The minimum absolute atomic E-state index is 0.0681. The largest absolute Gasteiger partial charge is 0.476 e. The minimum atomic E-state index is -0.821. The summed E-state index contributed by atoms with van der Waals surface area (Å²) in [6, 6.07) is 16.2. The Morgan fingerprint density at radius 1 is 0.938 bits per heavy atom. The fourth-order valence-electron chi connectivity index (χ4n) is 3.90. The second-order valence-electron chi connectivity index (χ2n) is 7.60. The van der Waals surface area contributed by atoms with Gasteiger partial charge in [0.25, 0.3) is 11.8 Å². The number of fused-ring (bicyclic) bond motifs is 1. The van der Waals surface area contributed by atoms with Gasteiger partial charge in [-0.2, -0.15) is 0 Å². The van der Waals surface area contributed by atoms with Gasteiger partial charge in [0.15, 0.2) is 11.9 Å². The normalized spacial score (nSPS) is 18.1. The van der Waals surface area contributed by atoms with E-state index >= 15 is 0 Å². The monoisotopic (exact) mass is 436 g/mol. The summed E-state index contributed by atoms with van der Waals surface area (Å²) in [5.74, 6) is 0.136. The number of amides is 2. The molecule has 1 fully saturated rings. The van der Waals surface area contributed by atoms with E-state index in [1.165, 1.54) is 17.0 Å². The maximum absolute atomic E-state index is 13.4. The zero-order valence-corrected chi connectivity index (χ0v) is 17.2. The van der Waals surface area contributed by atoms with Crippen LogP contribution in [0.15, 0.2) is 65.1 Å². The molecular weight excluding hydrogens is 415 g/mol. The summed E-state index contributed by atoms with van der Waals surface area (Å²) in [7, 11) is 0. The molecule has 3 aromatic rings. The molecule has 8 heteroatoms. The van der Waals surface area contributed by atoms with E-state index in [0.717, 1.165) is 0 Å². The van der Waals surface area contributed by atoms with E-state index in [2.05, 4.69) is 0 Å². The Bertz CT molecular complexity index is 1140. The Balaban J connectivity index is 1.42. The zero-order valence-electron chi connectivity index (χ0n) is 17.2. The quantitative estimate of drug-likeness (QED) is 0.630. The molecule has 1 unspecified atom stereocenters. The molecule has 5 rings (SSSR count). The maximum atomic E-state index is 13.4. The number of para-hydroxylation sites is 2. The predicted molar refractivity (Wildman–Crippen MR) is 114 cm³/mol. The number of hydrogen-bond acceptors (Lipinski definition) is 5. The van der Waals surface area contributed by atoms with E-state index in [0.29, 0.717) is 49.1 Å². The molecule has 0 saturated carbocycles. The zero-order chi connectivity index (χ0) is 22.1. The molecule has 7 nitrogen and oxygen atoms in total. The van der Waals surface area contributed by atoms with Crippen molar-refractivity contribution in [3.05, 3.63) is 72.2 Å². The van der Waals surface area contributed by atoms with Crippen molar-refractivity contribution in [1.82, 2.24) is 4.90 Å². The highest BCUT2D eigenvalue weighted by atomic mass is 19.1. The molecule has 0 bridgehead atoms. The van der Waals surface area contributed by atoms with Gasteiger partial charge in [-0.3, -0.25) is 14.5 Å². The van der Waals surface area contributed by atoms with Crippen LogP contribution in [0.5, 0.6) is 5.75 Å². The summed E-state index contributed by atoms with van der Waals surface area (Å²) in [4.78, 5) is 29.6. The molecule has 2 aliphatic heterocycles. The van der Waals surface area contributed by atoms with Gasteiger partial charge < -0.3 is 18.8 Å². The fraction of sp³-hybridized carbons (Fsp3) is 0.250. The molecule has 0 N–H and O–H groups in total. The minimum Gasteiger partial charge on any atom is -0.476 e. The molecule has 1 aromatic heterocycles. The second kappa shape index (κ2) is 8.47. The molecule has 2 aromatic carbocycles. The topological polar surface area (TPSA) is 72.2 Å². The predicted octanol–water partition coefficient (Wildman–Crippen LogP) is 3.35. The van der Waals surface area contributed by atoms with Gasteiger partial charge in [0, 0.05) is 18.7 Å². The Kier molecular flexibility index (Phi) is 5.36. The van der Waals surface area contributed by atoms with E-state index in [1.807, 2.05) is 0 Å². The average molecular weight is 436 g/mol. The van der Waals surface area contributed by atoms with Crippen molar-refractivity contribution in [3.8, 4) is 17.1 Å². The number of carbonyl (C=O) groups is 2. The summed E-state index contributed by atoms with van der Waals surface area (Å²) in [5, 5.41) is 0. The molecule has 3 heterocycles. The lowest BCUT2D eigenvalue weighted by atomic mass is 10.1. The smallest absolute Gasteiger partial charge is 0.294 e. The summed E-state index contributed by atoms with van der Waals surface area (Å²) >= 11 is 0. The summed E-state index contributed by atoms with van der Waals surface area (Å²) in [6.45, 7) is 2.02. The lowest BCUT2D eigenvalue weighted by Gasteiger charge is -2.37. The van der Waals surface area contributed by atoms with Crippen LogP contribution in [0.25, 0.3) is 11.3 Å². The maximum Gasteiger partial charge on any atom is 0.294 e. The van der Waals surface area contributed by atoms with Crippen LogP contribution in [0, 0.1) is 5.82 Å². The van der Waals surface area contributed by atoms with Crippen molar-refractivity contribution in [2.24, 2.45) is 0 Å². The molecule has 164 valence electrons. The van der Waals surface area contributed by atoms with Gasteiger partial charge in [0.2, 0.25) is 0 Å². The molecule has 1 saturated heterocycles. The van der Waals surface area contributed by atoms with E-state index in [9.17, 15) is 14.0 Å². The Morgan fingerprint density at radius 3 is 2.47 bits per heavy atom. The molecule has 32 heavy (non-hydrogen) atoms. The number of rotatable bonds is 3. The number of carbonyl (C=O) groups excluding carboxylic acids is 2. The average Bonchev–Trinajstić information content (AvgIpc) is 3.34. The van der Waals surface area contributed by atoms with Gasteiger partial charge in [-0.1, -0.05) is 12.1 Å². The van der Waals surface area contributed by atoms with Gasteiger partial charge in [0.1, 0.15) is 17.3 Å². The third kappa shape index (κ3) is 3.85. The van der Waals surface area contributed by atoms with Crippen molar-refractivity contribution < 1.29 is 27.9 Å². The molecule has 1 atom stereocenters. The number of hydrogen-bond donors (Lipinski definition) is 0. The Labute approximate surface area is 183 Å². The van der Waals surface area contributed by atoms with Crippen LogP contribution < -0.4 is 9.64 Å². The molecule has 2 aliphatic rings. The standard InChI is InChI=1S/C24H21FN2O5/c25-17-7-5-16(6-8-17)19-9-10-21(31-19)24(29)27-15-22(23(28)26-11-13-30-14-12-26)32-20-4-2-1-3-18(20)27/h1-10,22H,11-15H2. The number of morpholine rings is 1. The van der Waals surface area contributed by atoms with Crippen molar-refractivity contribution in [1.29, 1.82) is 0 Å². The van der Waals surface area contributed by atoms with E-state index in [1.54, 1.807) is 53.4 Å². The molecule has 0 spiro atoms. The van der Waals surface area contributed by atoms with E-state index in [-0.39, 0.29) is 29.9 Å². The number of furan rings is 1. The highest BCUT2D eigenvalue weighted by Gasteiger charge is 2.37. The van der Waals surface area contributed by atoms with Crippen LogP contribution in [-0.2, 0) is 9.53 Å². The van der Waals surface area contributed by atoms with Crippen LogP contribution in [-0.4, -0.2) is 55.7 Å². The molecule has 0 radical (unpaired) electrons. The molecule has 0 aliphatic carbocycles. The van der Waals surface area contributed by atoms with Crippen LogP contribution in [0.2, 0.25) is 0 Å². The van der Waals surface area contributed by atoms with Gasteiger partial charge in [-0.15, -0.1) is 0 Å². The fourth-order valence-corrected chi connectivity index (χ4v) is 3.90. The first-order valence-electron chi connectivity index (χ1n) is 10.4. The number of benzene rings is 2. The van der Waals surface area contributed by atoms with Gasteiger partial charge in [-0.25, -0.2) is 4.39 Å². The van der Waals surface area contributed by atoms with Crippen LogP contribution in [0.3, 0.4) is 0 Å². The summed E-state index contributed by atoms with van der Waals surface area (Å²) < 4.78 is 30.3. The van der Waals surface area contributed by atoms with Crippen LogP contribution >= 0.6 is 0 Å². The number of anilines is 1. The highest BCUT2D eigenvalue weighted by Crippen LogP contribution is 2.35. The Morgan fingerprint density at radius 2 is 1.69 bits per heavy atom. The van der Waals surface area contributed by atoms with Gasteiger partial charge >= 0.3 is 0 Å². The highest BCUT2D eigenvalue weighted by molar-refractivity contribution is 6.06. The third-order valence-electron chi connectivity index (χ3n) is 5.56. The van der Waals surface area contributed by atoms with Crippen LogP contribution in [0.1, 0.15) is 10.6 Å². The summed E-state index contributed by atoms with van der Waals surface area (Å²) in [5.41, 5.74) is 1.23. The first-order valence-corrected chi connectivity index (χ1v) is 10.4. The molecular formula is C24H21FN2O5. The SMILES string of the molecule is O=C(C1CN(C(=O)c2ccc(-c3ccc(F)cc3)o2)c2ccccc2O1)N1CCOCC1. The summed E-state index contributed by atoms with van der Waals surface area (Å²) in [6.07, 6.45) is -0.821. The second-order valence-corrected chi connectivity index (χ2v) is 7.60. The van der Waals surface area contributed by atoms with Crippen molar-refractivity contribution >= 4 is 17.5 Å². The number of nitrogens with zero attached hydrogens (tertiary/aromatic N) is 2. The van der Waals surface area contributed by atoms with Gasteiger partial charge in [-0.05, 0) is 48.5 Å². The Hall–Kier alpha value is -3.65. The third-order valence-corrected chi connectivity index (χ3v) is 5.56. The van der Waals surface area contributed by atoms with Crippen molar-refractivity contribution in [3.63, 3.8) is 0 Å². The van der Waals surface area contributed by atoms with Crippen LogP contribution in [0.4, 0.5) is 10.1 Å².